The van der Waals surface area contributed by atoms with Gasteiger partial charge in [-0.2, -0.15) is 0 Å². The molecule has 1 fully saturated rings. The smallest absolute Gasteiger partial charge is 0.324 e. The monoisotopic (exact) mass is 262 g/mol. The summed E-state index contributed by atoms with van der Waals surface area (Å²) in [5, 5.41) is 9.49. The number of anilines is 1. The fourth-order valence-electron chi connectivity index (χ4n) is 2.74. The summed E-state index contributed by atoms with van der Waals surface area (Å²) in [6.07, 6.45) is 1.31. The lowest BCUT2D eigenvalue weighted by Crippen LogP contribution is -2.57. The van der Waals surface area contributed by atoms with Crippen molar-refractivity contribution in [3.63, 3.8) is 0 Å². The molecule has 0 amide bonds. The van der Waals surface area contributed by atoms with Gasteiger partial charge in [0.2, 0.25) is 0 Å². The van der Waals surface area contributed by atoms with Crippen LogP contribution in [0.2, 0.25) is 0 Å². The number of carboxylic acids is 1. The predicted molar refractivity (Wildman–Crippen MR) is 76.7 cm³/mol. The van der Waals surface area contributed by atoms with Crippen molar-refractivity contribution in [1.82, 2.24) is 4.90 Å². The van der Waals surface area contributed by atoms with Crippen molar-refractivity contribution < 1.29 is 9.90 Å². The van der Waals surface area contributed by atoms with Gasteiger partial charge in [0.25, 0.3) is 0 Å². The minimum atomic E-state index is -0.707. The summed E-state index contributed by atoms with van der Waals surface area (Å²) >= 11 is 0. The average molecular weight is 262 g/mol. The van der Waals surface area contributed by atoms with Crippen LogP contribution in [0.25, 0.3) is 0 Å². The molecule has 4 heteroatoms. The Hall–Kier alpha value is -1.55. The highest BCUT2D eigenvalue weighted by Gasteiger charge is 2.43. The highest BCUT2D eigenvalue weighted by molar-refractivity contribution is 5.79. The number of likely N-dealkylation sites (N-methyl/N-ethyl adjacent to an activating group) is 1. The minimum absolute atomic E-state index is 0.656. The van der Waals surface area contributed by atoms with Gasteiger partial charge in [0.05, 0.1) is 0 Å². The number of nitrogens with zero attached hydrogens (tertiary/aromatic N) is 2. The Kier molecular flexibility index (Phi) is 3.80. The number of aryl methyl sites for hydroxylation is 1. The van der Waals surface area contributed by atoms with Gasteiger partial charge in [-0.15, -0.1) is 0 Å². The van der Waals surface area contributed by atoms with Gasteiger partial charge in [0, 0.05) is 18.8 Å². The molecule has 1 heterocycles. The van der Waals surface area contributed by atoms with Gasteiger partial charge in [0.1, 0.15) is 5.54 Å². The van der Waals surface area contributed by atoms with Gasteiger partial charge in [-0.05, 0) is 46.0 Å². The third-order valence-corrected chi connectivity index (χ3v) is 4.24. The Morgan fingerprint density at radius 1 is 1.21 bits per heavy atom. The molecule has 1 aromatic rings. The maximum Gasteiger partial charge on any atom is 0.324 e. The van der Waals surface area contributed by atoms with Crippen molar-refractivity contribution in [1.29, 1.82) is 0 Å². The first-order chi connectivity index (χ1) is 8.95. The SMILES string of the molecule is Cc1ccc(N2CCC(C(=O)O)(N(C)C)CC2)cc1. The zero-order valence-electron chi connectivity index (χ0n) is 11.9. The molecule has 1 N–H and O–H groups in total. The van der Waals surface area contributed by atoms with Crippen molar-refractivity contribution in [3.8, 4) is 0 Å². The Bertz CT molecular complexity index is 446. The van der Waals surface area contributed by atoms with E-state index in [0.29, 0.717) is 12.8 Å². The third kappa shape index (κ3) is 2.59. The van der Waals surface area contributed by atoms with Gasteiger partial charge >= 0.3 is 5.97 Å². The molecule has 0 saturated carbocycles. The van der Waals surface area contributed by atoms with Crippen LogP contribution in [-0.4, -0.2) is 48.7 Å². The second kappa shape index (κ2) is 5.21. The fourth-order valence-corrected chi connectivity index (χ4v) is 2.74. The van der Waals surface area contributed by atoms with Crippen LogP contribution in [0.15, 0.2) is 24.3 Å². The van der Waals surface area contributed by atoms with Gasteiger partial charge < -0.3 is 10.0 Å². The van der Waals surface area contributed by atoms with Crippen molar-refractivity contribution >= 4 is 11.7 Å². The van der Waals surface area contributed by atoms with Gasteiger partial charge in [0.15, 0.2) is 0 Å². The van der Waals surface area contributed by atoms with Crippen molar-refractivity contribution in [2.45, 2.75) is 25.3 Å². The Balaban J connectivity index is 2.10. The maximum atomic E-state index is 11.5. The molecule has 4 nitrogen and oxygen atoms in total. The molecule has 1 aliphatic rings. The Morgan fingerprint density at radius 2 is 1.74 bits per heavy atom. The van der Waals surface area contributed by atoms with E-state index in [4.69, 9.17) is 0 Å². The summed E-state index contributed by atoms with van der Waals surface area (Å²) in [6, 6.07) is 8.41. The van der Waals surface area contributed by atoms with Gasteiger partial charge in [-0.3, -0.25) is 9.69 Å². The topological polar surface area (TPSA) is 43.8 Å². The quantitative estimate of drug-likeness (QED) is 0.904. The van der Waals surface area contributed by atoms with Crippen molar-refractivity contribution in [2.75, 3.05) is 32.1 Å². The van der Waals surface area contributed by atoms with E-state index in [2.05, 4.69) is 36.1 Å². The summed E-state index contributed by atoms with van der Waals surface area (Å²) in [7, 11) is 3.71. The normalized spacial score (nSPS) is 18.6. The zero-order chi connectivity index (χ0) is 14.0. The van der Waals surface area contributed by atoms with Crippen LogP contribution in [-0.2, 0) is 4.79 Å². The maximum absolute atomic E-state index is 11.5. The van der Waals surface area contributed by atoms with Crippen LogP contribution in [0.4, 0.5) is 5.69 Å². The lowest BCUT2D eigenvalue weighted by molar-refractivity contribution is -0.151. The molecule has 2 rings (SSSR count). The van der Waals surface area contributed by atoms with E-state index >= 15 is 0 Å². The largest absolute Gasteiger partial charge is 0.480 e. The summed E-state index contributed by atoms with van der Waals surface area (Å²) in [6.45, 7) is 3.64. The predicted octanol–water partition coefficient (Wildman–Crippen LogP) is 1.98. The fraction of sp³-hybridized carbons (Fsp3) is 0.533. The van der Waals surface area contributed by atoms with Crippen molar-refractivity contribution in [3.05, 3.63) is 29.8 Å². The van der Waals surface area contributed by atoms with E-state index in [9.17, 15) is 9.90 Å². The number of benzene rings is 1. The first-order valence-corrected chi connectivity index (χ1v) is 6.68. The third-order valence-electron chi connectivity index (χ3n) is 4.24. The molecule has 0 spiro atoms. The van der Waals surface area contributed by atoms with Crippen LogP contribution in [0.1, 0.15) is 18.4 Å². The summed E-state index contributed by atoms with van der Waals surface area (Å²) in [5.41, 5.74) is 1.72. The van der Waals surface area contributed by atoms with E-state index in [1.807, 2.05) is 19.0 Å². The minimum Gasteiger partial charge on any atom is -0.480 e. The van der Waals surface area contributed by atoms with Crippen LogP contribution < -0.4 is 4.90 Å². The van der Waals surface area contributed by atoms with Crippen LogP contribution in [0.3, 0.4) is 0 Å². The van der Waals surface area contributed by atoms with E-state index < -0.39 is 11.5 Å². The second-order valence-electron chi connectivity index (χ2n) is 5.55. The van der Waals surface area contributed by atoms with Crippen LogP contribution >= 0.6 is 0 Å². The van der Waals surface area contributed by atoms with Crippen molar-refractivity contribution in [2.24, 2.45) is 0 Å². The highest BCUT2D eigenvalue weighted by Crippen LogP contribution is 2.30. The molecule has 1 aliphatic heterocycles. The molecule has 0 bridgehead atoms. The lowest BCUT2D eigenvalue weighted by Gasteiger charge is -2.43. The molecule has 0 aliphatic carbocycles. The van der Waals surface area contributed by atoms with Gasteiger partial charge in [-0.1, -0.05) is 17.7 Å². The van der Waals surface area contributed by atoms with E-state index in [0.717, 1.165) is 13.1 Å². The summed E-state index contributed by atoms with van der Waals surface area (Å²) < 4.78 is 0. The molecule has 19 heavy (non-hydrogen) atoms. The second-order valence-corrected chi connectivity index (χ2v) is 5.55. The highest BCUT2D eigenvalue weighted by atomic mass is 16.4. The molecule has 104 valence electrons. The van der Waals surface area contributed by atoms with E-state index in [-0.39, 0.29) is 0 Å². The molecule has 0 radical (unpaired) electrons. The Morgan fingerprint density at radius 3 is 2.16 bits per heavy atom. The number of aliphatic carboxylic acids is 1. The summed E-state index contributed by atoms with van der Waals surface area (Å²) in [4.78, 5) is 15.7. The number of carbonyl (C=O) groups is 1. The van der Waals surface area contributed by atoms with Gasteiger partial charge in [-0.25, -0.2) is 0 Å². The molecular formula is C15H22N2O2. The lowest BCUT2D eigenvalue weighted by atomic mass is 9.86. The standard InChI is InChI=1S/C15H22N2O2/c1-12-4-6-13(7-5-12)17-10-8-15(9-11-17,14(18)19)16(2)3/h4-7H,8-11H2,1-3H3,(H,18,19). The number of rotatable bonds is 3. The summed E-state index contributed by atoms with van der Waals surface area (Å²) in [5.74, 6) is -0.707. The molecule has 1 saturated heterocycles. The first kappa shape index (κ1) is 13.9. The number of carboxylic acid groups (broad SMARTS) is 1. The molecule has 0 unspecified atom stereocenters. The molecule has 1 aromatic carbocycles. The van der Waals surface area contributed by atoms with Crippen LogP contribution in [0.5, 0.6) is 0 Å². The number of piperidine rings is 1. The number of hydrogen-bond acceptors (Lipinski definition) is 3. The number of hydrogen-bond donors (Lipinski definition) is 1. The molecular weight excluding hydrogens is 240 g/mol. The van der Waals surface area contributed by atoms with E-state index in [1.165, 1.54) is 11.3 Å². The zero-order valence-corrected chi connectivity index (χ0v) is 11.9. The van der Waals surface area contributed by atoms with E-state index in [1.54, 1.807) is 0 Å². The molecule has 0 atom stereocenters. The average Bonchev–Trinajstić information content (AvgIpc) is 2.39. The molecule has 0 aromatic heterocycles. The Labute approximate surface area is 114 Å². The first-order valence-electron chi connectivity index (χ1n) is 6.68. The van der Waals surface area contributed by atoms with Crippen LogP contribution in [0, 0.1) is 6.92 Å².